The third kappa shape index (κ3) is 7.17. The van der Waals surface area contributed by atoms with Gasteiger partial charge in [-0.3, -0.25) is 9.59 Å². The fraction of sp³-hybridized carbons (Fsp3) is 0.700. The molecule has 0 rings (SSSR count). The molecule has 0 heterocycles. The Balaban J connectivity index is 4.23. The molecular formula is C10H18BNO4. The molecule has 0 unspecified atom stereocenters. The Kier molecular flexibility index (Phi) is 5.96. The molecule has 0 saturated heterocycles. The zero-order chi connectivity index (χ0) is 12.8. The Hall–Kier alpha value is -1.17. The van der Waals surface area contributed by atoms with Crippen molar-refractivity contribution < 1.29 is 19.1 Å². The Morgan fingerprint density at radius 2 is 2.00 bits per heavy atom. The van der Waals surface area contributed by atoms with Gasteiger partial charge in [0, 0.05) is 0 Å². The van der Waals surface area contributed by atoms with Crippen LogP contribution in [0.3, 0.4) is 0 Å². The standard InChI is InChI=1S/C10H18BNO4/c1-7(14)8(12-11-6-13)5-9(15)16-10(2,3)4/h6,8,11-12H,5H2,1-4H3/t8-/m0/s1. The van der Waals surface area contributed by atoms with Crippen LogP contribution in [0.2, 0.25) is 0 Å². The van der Waals surface area contributed by atoms with Crippen LogP contribution < -0.4 is 5.23 Å². The molecule has 0 radical (unpaired) electrons. The summed E-state index contributed by atoms with van der Waals surface area (Å²) in [5.41, 5.74) is -0.566. The summed E-state index contributed by atoms with van der Waals surface area (Å²) in [7, 11) is 0.0487. The topological polar surface area (TPSA) is 72.5 Å². The van der Waals surface area contributed by atoms with Gasteiger partial charge in [0.1, 0.15) is 11.4 Å². The highest BCUT2D eigenvalue weighted by Gasteiger charge is 2.22. The average Bonchev–Trinajstić information content (AvgIpc) is 2.08. The van der Waals surface area contributed by atoms with E-state index in [1.54, 1.807) is 20.8 Å². The zero-order valence-electron chi connectivity index (χ0n) is 10.2. The predicted octanol–water partition coefficient (Wildman–Crippen LogP) is -0.193. The SMILES string of the molecule is CC(=O)[C@H](CC(=O)OC(C)(C)C)NBC=O. The third-order valence-electron chi connectivity index (χ3n) is 1.73. The zero-order valence-corrected chi connectivity index (χ0v) is 10.2. The number of ketones is 1. The first-order valence-corrected chi connectivity index (χ1v) is 5.15. The number of nitrogens with one attached hydrogen (secondary N) is 1. The second kappa shape index (κ2) is 6.42. The number of hydrogen-bond donors (Lipinski definition) is 1. The van der Waals surface area contributed by atoms with Crippen LogP contribution in [0, 0.1) is 0 Å². The van der Waals surface area contributed by atoms with Crippen LogP contribution in [0.1, 0.15) is 34.1 Å². The molecule has 6 heteroatoms. The number of carbonyl (C=O) groups excluding carboxylic acids is 3. The molecule has 0 aliphatic carbocycles. The van der Waals surface area contributed by atoms with E-state index in [9.17, 15) is 14.4 Å². The molecule has 90 valence electrons. The van der Waals surface area contributed by atoms with Gasteiger partial charge < -0.3 is 14.8 Å². The van der Waals surface area contributed by atoms with Crippen molar-refractivity contribution in [3.8, 4) is 0 Å². The van der Waals surface area contributed by atoms with E-state index >= 15 is 0 Å². The molecule has 1 N–H and O–H groups in total. The van der Waals surface area contributed by atoms with E-state index in [-0.39, 0.29) is 19.6 Å². The van der Waals surface area contributed by atoms with Gasteiger partial charge >= 0.3 is 5.97 Å². The quantitative estimate of drug-likeness (QED) is 0.386. The van der Waals surface area contributed by atoms with Crippen LogP contribution in [-0.2, 0) is 19.1 Å². The van der Waals surface area contributed by atoms with Gasteiger partial charge in [-0.25, -0.2) is 0 Å². The first kappa shape index (κ1) is 14.8. The van der Waals surface area contributed by atoms with Crippen LogP contribution >= 0.6 is 0 Å². The molecule has 0 amide bonds. The minimum Gasteiger partial charge on any atom is -0.460 e. The molecule has 0 aromatic heterocycles. The normalized spacial score (nSPS) is 12.8. The van der Waals surface area contributed by atoms with Crippen molar-refractivity contribution in [3.63, 3.8) is 0 Å². The molecular weight excluding hydrogens is 209 g/mol. The first-order valence-electron chi connectivity index (χ1n) is 5.15. The number of carbonyl (C=O) groups is 3. The second-order valence-electron chi connectivity index (χ2n) is 4.53. The number of ether oxygens (including phenoxy) is 1. The predicted molar refractivity (Wildman–Crippen MR) is 62.0 cm³/mol. The smallest absolute Gasteiger partial charge is 0.308 e. The van der Waals surface area contributed by atoms with Gasteiger partial charge in [0.15, 0.2) is 0 Å². The van der Waals surface area contributed by atoms with Gasteiger partial charge in [-0.05, 0) is 27.7 Å². The van der Waals surface area contributed by atoms with E-state index in [1.165, 1.54) is 6.92 Å². The molecule has 5 nitrogen and oxygen atoms in total. The van der Waals surface area contributed by atoms with Gasteiger partial charge in [0.2, 0.25) is 0 Å². The highest BCUT2D eigenvalue weighted by atomic mass is 16.6. The lowest BCUT2D eigenvalue weighted by Gasteiger charge is -2.21. The number of rotatable bonds is 6. The Labute approximate surface area is 96.2 Å². The Bertz CT molecular complexity index is 272. The minimum atomic E-state index is -0.653. The van der Waals surface area contributed by atoms with Crippen LogP contribution in [0.4, 0.5) is 0 Å². The van der Waals surface area contributed by atoms with E-state index in [2.05, 4.69) is 5.23 Å². The summed E-state index contributed by atoms with van der Waals surface area (Å²) < 4.78 is 5.08. The average molecular weight is 227 g/mol. The molecule has 0 aliphatic heterocycles. The third-order valence-corrected chi connectivity index (χ3v) is 1.73. The fourth-order valence-electron chi connectivity index (χ4n) is 1.10. The molecule has 0 aliphatic rings. The van der Waals surface area contributed by atoms with E-state index in [0.29, 0.717) is 6.19 Å². The number of hydrogen-bond acceptors (Lipinski definition) is 5. The van der Waals surface area contributed by atoms with Crippen LogP contribution in [0.15, 0.2) is 0 Å². The van der Waals surface area contributed by atoms with Gasteiger partial charge in [0.25, 0.3) is 7.41 Å². The lowest BCUT2D eigenvalue weighted by molar-refractivity contribution is -0.156. The van der Waals surface area contributed by atoms with Crippen molar-refractivity contribution in [1.29, 1.82) is 0 Å². The van der Waals surface area contributed by atoms with Gasteiger partial charge in [-0.2, -0.15) is 0 Å². The summed E-state index contributed by atoms with van der Waals surface area (Å²) in [5.74, 6) is -0.640. The van der Waals surface area contributed by atoms with Gasteiger partial charge in [-0.15, -0.1) is 0 Å². The molecule has 0 fully saturated rings. The molecule has 0 aromatic carbocycles. The van der Waals surface area contributed by atoms with Crippen molar-refractivity contribution in [1.82, 2.24) is 5.23 Å². The monoisotopic (exact) mass is 227 g/mol. The van der Waals surface area contributed by atoms with Crippen molar-refractivity contribution in [3.05, 3.63) is 0 Å². The minimum absolute atomic E-state index is 0.0487. The van der Waals surface area contributed by atoms with Gasteiger partial charge in [-0.1, -0.05) is 0 Å². The van der Waals surface area contributed by atoms with Crippen LogP contribution in [0.5, 0.6) is 0 Å². The summed E-state index contributed by atoms with van der Waals surface area (Å²) in [6.45, 7) is 6.64. The van der Waals surface area contributed by atoms with E-state index in [1.807, 2.05) is 0 Å². The first-order chi connectivity index (χ1) is 7.26. The van der Waals surface area contributed by atoms with E-state index in [4.69, 9.17) is 4.74 Å². The van der Waals surface area contributed by atoms with E-state index in [0.717, 1.165) is 0 Å². The van der Waals surface area contributed by atoms with Crippen LogP contribution in [0.25, 0.3) is 0 Å². The number of Topliss-reactive ketones (excluding diaryl/α,β-unsaturated/α-hetero) is 1. The maximum Gasteiger partial charge on any atom is 0.308 e. The van der Waals surface area contributed by atoms with Crippen LogP contribution in [-0.4, -0.2) is 37.0 Å². The highest BCUT2D eigenvalue weighted by molar-refractivity contribution is 6.64. The largest absolute Gasteiger partial charge is 0.460 e. The molecule has 0 bridgehead atoms. The lowest BCUT2D eigenvalue weighted by Crippen LogP contribution is -2.41. The Morgan fingerprint density at radius 1 is 1.44 bits per heavy atom. The summed E-state index contributed by atoms with van der Waals surface area (Å²) in [4.78, 5) is 32.8. The lowest BCUT2D eigenvalue weighted by atomic mass is 9.94. The van der Waals surface area contributed by atoms with Crippen molar-refractivity contribution in [2.24, 2.45) is 0 Å². The molecule has 16 heavy (non-hydrogen) atoms. The summed E-state index contributed by atoms with van der Waals surface area (Å²) in [6.07, 6.45) is 0.589. The summed E-state index contributed by atoms with van der Waals surface area (Å²) >= 11 is 0. The summed E-state index contributed by atoms with van der Waals surface area (Å²) in [6, 6.07) is -0.653. The molecule has 0 aromatic rings. The fourth-order valence-corrected chi connectivity index (χ4v) is 1.10. The molecule has 0 spiro atoms. The molecule has 0 saturated carbocycles. The van der Waals surface area contributed by atoms with Crippen molar-refractivity contribution in [2.75, 3.05) is 0 Å². The summed E-state index contributed by atoms with van der Waals surface area (Å²) in [5, 5.41) is 2.67. The number of esters is 1. The van der Waals surface area contributed by atoms with Crippen molar-refractivity contribution in [2.45, 2.75) is 45.8 Å². The Morgan fingerprint density at radius 3 is 2.38 bits per heavy atom. The van der Waals surface area contributed by atoms with Gasteiger partial charge in [0.05, 0.1) is 18.6 Å². The maximum atomic E-state index is 11.4. The van der Waals surface area contributed by atoms with Crippen molar-refractivity contribution >= 4 is 25.4 Å². The highest BCUT2D eigenvalue weighted by Crippen LogP contribution is 2.09. The van der Waals surface area contributed by atoms with E-state index < -0.39 is 17.6 Å². The maximum absolute atomic E-state index is 11.4. The molecule has 1 atom stereocenters. The second-order valence-corrected chi connectivity index (χ2v) is 4.53.